The van der Waals surface area contributed by atoms with Gasteiger partial charge >= 0.3 is 0 Å². The summed E-state index contributed by atoms with van der Waals surface area (Å²) < 4.78 is 29.1. The zero-order chi connectivity index (χ0) is 18.5. The molecule has 0 aliphatic carbocycles. The summed E-state index contributed by atoms with van der Waals surface area (Å²) in [6.45, 7) is 0. The highest BCUT2D eigenvalue weighted by molar-refractivity contribution is 7.99. The van der Waals surface area contributed by atoms with Gasteiger partial charge in [0, 0.05) is 36.0 Å². The molecule has 3 rings (SSSR count). The van der Waals surface area contributed by atoms with Crippen molar-refractivity contribution in [1.29, 1.82) is 0 Å². The van der Waals surface area contributed by atoms with Crippen LogP contribution in [0.15, 0.2) is 71.0 Å². The van der Waals surface area contributed by atoms with Crippen molar-refractivity contribution < 1.29 is 13.6 Å². The molecule has 0 saturated carbocycles. The molecule has 1 aromatic heterocycles. The molecule has 7 heteroatoms. The number of imidazole rings is 1. The van der Waals surface area contributed by atoms with Crippen molar-refractivity contribution in [1.82, 2.24) is 9.55 Å². The van der Waals surface area contributed by atoms with Gasteiger partial charge in [-0.25, -0.2) is 13.8 Å². The van der Waals surface area contributed by atoms with E-state index in [1.807, 2.05) is 29.9 Å². The van der Waals surface area contributed by atoms with E-state index in [1.165, 1.54) is 17.8 Å². The Hall–Kier alpha value is -2.93. The third kappa shape index (κ3) is 4.18. The second kappa shape index (κ2) is 7.97. The summed E-state index contributed by atoms with van der Waals surface area (Å²) in [5.41, 5.74) is 0.336. The number of benzene rings is 2. The highest BCUT2D eigenvalue weighted by Crippen LogP contribution is 2.32. The molecule has 0 atom stereocenters. The lowest BCUT2D eigenvalue weighted by molar-refractivity contribution is -0.111. The van der Waals surface area contributed by atoms with Gasteiger partial charge in [-0.1, -0.05) is 18.2 Å². The first-order valence-corrected chi connectivity index (χ1v) is 8.53. The fraction of sp³-hybridized carbons (Fsp3) is 0.0526. The minimum atomic E-state index is -0.722. The van der Waals surface area contributed by atoms with Crippen LogP contribution in [0.3, 0.4) is 0 Å². The summed E-state index contributed by atoms with van der Waals surface area (Å²) in [5.74, 6) is -1.93. The van der Waals surface area contributed by atoms with Crippen molar-refractivity contribution in [2.75, 3.05) is 5.32 Å². The van der Waals surface area contributed by atoms with Crippen LogP contribution in [0.5, 0.6) is 0 Å². The number of halogens is 2. The van der Waals surface area contributed by atoms with Gasteiger partial charge in [-0.05, 0) is 42.1 Å². The number of nitrogens with zero attached hydrogens (tertiary/aromatic N) is 2. The predicted octanol–water partition coefficient (Wildman–Crippen LogP) is 4.50. The minimum absolute atomic E-state index is 0.252. The van der Waals surface area contributed by atoms with Crippen molar-refractivity contribution in [2.45, 2.75) is 10.1 Å². The van der Waals surface area contributed by atoms with Crippen LogP contribution in [0.4, 0.5) is 14.5 Å². The fourth-order valence-corrected chi connectivity index (χ4v) is 3.10. The molecular formula is C19H15F2N3OS. The summed E-state index contributed by atoms with van der Waals surface area (Å²) >= 11 is 1.40. The number of hydrogen-bond donors (Lipinski definition) is 1. The van der Waals surface area contributed by atoms with Crippen LogP contribution >= 0.6 is 11.8 Å². The van der Waals surface area contributed by atoms with E-state index in [2.05, 4.69) is 10.3 Å². The van der Waals surface area contributed by atoms with Crippen molar-refractivity contribution in [3.05, 3.63) is 78.1 Å². The molecule has 1 amide bonds. The predicted molar refractivity (Wildman–Crippen MR) is 97.8 cm³/mol. The summed E-state index contributed by atoms with van der Waals surface area (Å²) in [7, 11) is 1.88. The van der Waals surface area contributed by atoms with Gasteiger partial charge in [0.1, 0.15) is 11.6 Å². The number of anilines is 1. The topological polar surface area (TPSA) is 46.9 Å². The van der Waals surface area contributed by atoms with E-state index in [4.69, 9.17) is 0 Å². The standard InChI is InChI=1S/C19H15F2N3OS/c1-24-12-11-22-19(24)26-17-8-3-2-7-16(17)23-18(25)10-9-13-14(20)5-4-6-15(13)21/h2-12H,1H3,(H,23,25)/b10-9+. The second-order valence-electron chi connectivity index (χ2n) is 5.38. The SMILES string of the molecule is Cn1ccnc1Sc1ccccc1NC(=O)/C=C/c1c(F)cccc1F. The number of hydrogen-bond acceptors (Lipinski definition) is 3. The Morgan fingerprint density at radius 3 is 2.58 bits per heavy atom. The van der Waals surface area contributed by atoms with Crippen LogP contribution in [0.2, 0.25) is 0 Å². The monoisotopic (exact) mass is 371 g/mol. The average Bonchev–Trinajstić information content (AvgIpc) is 3.01. The number of amides is 1. The van der Waals surface area contributed by atoms with Crippen molar-refractivity contribution >= 4 is 29.4 Å². The summed E-state index contributed by atoms with van der Waals surface area (Å²) in [6.07, 6.45) is 5.74. The molecule has 0 bridgehead atoms. The molecule has 3 aromatic rings. The molecule has 0 radical (unpaired) electrons. The maximum Gasteiger partial charge on any atom is 0.248 e. The first kappa shape index (κ1) is 17.9. The Balaban J connectivity index is 1.76. The van der Waals surface area contributed by atoms with Gasteiger partial charge in [0.2, 0.25) is 5.91 Å². The molecule has 26 heavy (non-hydrogen) atoms. The third-order valence-electron chi connectivity index (χ3n) is 3.52. The number of aryl methyl sites for hydroxylation is 1. The Kier molecular flexibility index (Phi) is 5.48. The van der Waals surface area contributed by atoms with Crippen LogP contribution in [0, 0.1) is 11.6 Å². The number of carbonyl (C=O) groups excluding carboxylic acids is 1. The molecule has 0 fully saturated rings. The maximum atomic E-state index is 13.6. The quantitative estimate of drug-likeness (QED) is 0.672. The second-order valence-corrected chi connectivity index (χ2v) is 6.39. The van der Waals surface area contributed by atoms with E-state index in [1.54, 1.807) is 18.3 Å². The largest absolute Gasteiger partial charge is 0.329 e. The van der Waals surface area contributed by atoms with Crippen LogP contribution in [0.25, 0.3) is 6.08 Å². The minimum Gasteiger partial charge on any atom is -0.329 e. The van der Waals surface area contributed by atoms with Gasteiger partial charge in [-0.2, -0.15) is 0 Å². The first-order chi connectivity index (χ1) is 12.5. The molecule has 132 valence electrons. The lowest BCUT2D eigenvalue weighted by Gasteiger charge is -2.09. The normalized spacial score (nSPS) is 11.0. The van der Waals surface area contributed by atoms with Crippen molar-refractivity contribution in [3.8, 4) is 0 Å². The van der Waals surface area contributed by atoms with Gasteiger partial charge < -0.3 is 9.88 Å². The average molecular weight is 371 g/mol. The molecule has 2 aromatic carbocycles. The number of rotatable bonds is 5. The molecule has 0 spiro atoms. The van der Waals surface area contributed by atoms with Crippen LogP contribution in [-0.2, 0) is 11.8 Å². The van der Waals surface area contributed by atoms with Gasteiger partial charge in [-0.3, -0.25) is 4.79 Å². The van der Waals surface area contributed by atoms with Gasteiger partial charge in [0.15, 0.2) is 5.16 Å². The third-order valence-corrected chi connectivity index (χ3v) is 4.68. The number of carbonyl (C=O) groups is 1. The molecular weight excluding hydrogens is 356 g/mol. The lowest BCUT2D eigenvalue weighted by atomic mass is 10.2. The Labute approximate surface area is 153 Å². The highest BCUT2D eigenvalue weighted by Gasteiger charge is 2.10. The smallest absolute Gasteiger partial charge is 0.248 e. The summed E-state index contributed by atoms with van der Waals surface area (Å²) in [5, 5.41) is 3.50. The van der Waals surface area contributed by atoms with Gasteiger partial charge in [0.05, 0.1) is 5.69 Å². The van der Waals surface area contributed by atoms with E-state index in [0.717, 1.165) is 34.3 Å². The van der Waals surface area contributed by atoms with E-state index >= 15 is 0 Å². The molecule has 0 aliphatic heterocycles. The fourth-order valence-electron chi connectivity index (χ4n) is 2.21. The molecule has 0 saturated heterocycles. The first-order valence-electron chi connectivity index (χ1n) is 7.72. The highest BCUT2D eigenvalue weighted by atomic mass is 32.2. The van der Waals surface area contributed by atoms with Crippen LogP contribution in [-0.4, -0.2) is 15.5 Å². The lowest BCUT2D eigenvalue weighted by Crippen LogP contribution is -2.08. The zero-order valence-corrected chi connectivity index (χ0v) is 14.6. The number of aromatic nitrogens is 2. The Morgan fingerprint density at radius 2 is 1.88 bits per heavy atom. The van der Waals surface area contributed by atoms with Gasteiger partial charge in [-0.15, -0.1) is 0 Å². The molecule has 4 nitrogen and oxygen atoms in total. The van der Waals surface area contributed by atoms with Crippen LogP contribution < -0.4 is 5.32 Å². The number of para-hydroxylation sites is 1. The summed E-state index contributed by atoms with van der Waals surface area (Å²) in [4.78, 5) is 17.2. The maximum absolute atomic E-state index is 13.6. The Bertz CT molecular complexity index is 949. The van der Waals surface area contributed by atoms with E-state index in [0.29, 0.717) is 5.69 Å². The van der Waals surface area contributed by atoms with Crippen molar-refractivity contribution in [2.24, 2.45) is 7.05 Å². The molecule has 1 heterocycles. The number of nitrogens with one attached hydrogen (secondary N) is 1. The van der Waals surface area contributed by atoms with E-state index < -0.39 is 17.5 Å². The van der Waals surface area contributed by atoms with E-state index in [-0.39, 0.29) is 5.56 Å². The molecule has 1 N–H and O–H groups in total. The molecule has 0 unspecified atom stereocenters. The molecule has 0 aliphatic rings. The van der Waals surface area contributed by atoms with Crippen molar-refractivity contribution in [3.63, 3.8) is 0 Å². The zero-order valence-electron chi connectivity index (χ0n) is 13.8. The van der Waals surface area contributed by atoms with Crippen LogP contribution in [0.1, 0.15) is 5.56 Å². The summed E-state index contributed by atoms with van der Waals surface area (Å²) in [6, 6.07) is 10.8. The Morgan fingerprint density at radius 1 is 1.15 bits per heavy atom. The van der Waals surface area contributed by atoms with Gasteiger partial charge in [0.25, 0.3) is 0 Å². The van der Waals surface area contributed by atoms with E-state index in [9.17, 15) is 13.6 Å².